The molecule has 1 amide bonds. The highest BCUT2D eigenvalue weighted by molar-refractivity contribution is 14.0. The number of alkyl carbamates (subject to hydrolysis) is 1. The lowest BCUT2D eigenvalue weighted by Gasteiger charge is -2.26. The zero-order chi connectivity index (χ0) is 18.8. The Labute approximate surface area is 170 Å². The molecule has 0 rings (SSSR count). The molecule has 0 saturated carbocycles. The van der Waals surface area contributed by atoms with Crippen LogP contribution in [-0.4, -0.2) is 69.4 Å². The van der Waals surface area contributed by atoms with Gasteiger partial charge < -0.3 is 25.6 Å². The van der Waals surface area contributed by atoms with Crippen molar-refractivity contribution < 1.29 is 9.53 Å². The lowest BCUT2D eigenvalue weighted by molar-refractivity contribution is 0.0529. The first-order valence-corrected chi connectivity index (χ1v) is 8.59. The number of carbonyl (C=O) groups is 1. The molecule has 0 aliphatic heterocycles. The molecule has 0 aromatic heterocycles. The van der Waals surface area contributed by atoms with Crippen LogP contribution in [0.2, 0.25) is 0 Å². The van der Waals surface area contributed by atoms with Gasteiger partial charge in [0.25, 0.3) is 0 Å². The first-order valence-electron chi connectivity index (χ1n) is 8.59. The van der Waals surface area contributed by atoms with Crippen molar-refractivity contribution in [2.75, 3.05) is 46.8 Å². The number of amides is 1. The number of nitrogens with one attached hydrogen (secondary N) is 3. The van der Waals surface area contributed by atoms with Gasteiger partial charge in [0.15, 0.2) is 5.96 Å². The van der Waals surface area contributed by atoms with E-state index >= 15 is 0 Å². The van der Waals surface area contributed by atoms with Crippen LogP contribution >= 0.6 is 24.0 Å². The summed E-state index contributed by atoms with van der Waals surface area (Å²) in [5.41, 5.74) is -0.382. The molecule has 0 spiro atoms. The number of hydrogen-bond acceptors (Lipinski definition) is 4. The van der Waals surface area contributed by atoms with Crippen molar-refractivity contribution in [3.63, 3.8) is 0 Å². The van der Waals surface area contributed by atoms with Gasteiger partial charge in [0.2, 0.25) is 0 Å². The van der Waals surface area contributed by atoms with Crippen LogP contribution in [0, 0.1) is 5.41 Å². The number of halogens is 1. The van der Waals surface area contributed by atoms with E-state index in [4.69, 9.17) is 4.74 Å². The lowest BCUT2D eigenvalue weighted by Crippen LogP contribution is -2.43. The van der Waals surface area contributed by atoms with E-state index in [1.165, 1.54) is 0 Å². The number of carbonyl (C=O) groups excluding carboxylic acids is 1. The van der Waals surface area contributed by atoms with Crippen molar-refractivity contribution in [1.29, 1.82) is 0 Å². The number of rotatable bonds is 8. The Kier molecular flexibility index (Phi) is 13.3. The molecule has 25 heavy (non-hydrogen) atoms. The molecule has 0 saturated heterocycles. The zero-order valence-electron chi connectivity index (χ0n) is 17.2. The molecule has 7 nitrogen and oxygen atoms in total. The normalized spacial score (nSPS) is 12.4. The van der Waals surface area contributed by atoms with Crippen molar-refractivity contribution in [2.24, 2.45) is 10.4 Å². The van der Waals surface area contributed by atoms with Gasteiger partial charge in [-0.05, 0) is 47.2 Å². The second kappa shape index (κ2) is 12.6. The van der Waals surface area contributed by atoms with E-state index in [0.717, 1.165) is 25.6 Å². The number of nitrogens with zero attached hydrogens (tertiary/aromatic N) is 2. The molecule has 0 aromatic carbocycles. The fourth-order valence-corrected chi connectivity index (χ4v) is 2.20. The molecule has 0 aromatic rings. The van der Waals surface area contributed by atoms with Crippen LogP contribution in [0.4, 0.5) is 4.79 Å². The van der Waals surface area contributed by atoms with Gasteiger partial charge in [-0.25, -0.2) is 4.79 Å². The maximum absolute atomic E-state index is 11.6. The third-order valence-corrected chi connectivity index (χ3v) is 2.84. The highest BCUT2D eigenvalue weighted by atomic mass is 127. The van der Waals surface area contributed by atoms with Crippen molar-refractivity contribution >= 4 is 36.0 Å². The molecular formula is C17H38IN5O2. The van der Waals surface area contributed by atoms with Crippen molar-refractivity contribution in [3.05, 3.63) is 0 Å². The highest BCUT2D eigenvalue weighted by Crippen LogP contribution is 2.15. The molecule has 3 N–H and O–H groups in total. The highest BCUT2D eigenvalue weighted by Gasteiger charge is 2.18. The summed E-state index contributed by atoms with van der Waals surface area (Å²) in [6, 6.07) is 0. The number of guanidine groups is 1. The second-order valence-electron chi connectivity index (χ2n) is 7.95. The summed E-state index contributed by atoms with van der Waals surface area (Å²) in [4.78, 5) is 18.4. The van der Waals surface area contributed by atoms with Gasteiger partial charge in [-0.3, -0.25) is 4.99 Å². The first kappa shape index (κ1) is 26.5. The van der Waals surface area contributed by atoms with E-state index in [-0.39, 0.29) is 29.4 Å². The molecule has 0 atom stereocenters. The van der Waals surface area contributed by atoms with Crippen molar-refractivity contribution in [2.45, 2.75) is 47.1 Å². The van der Waals surface area contributed by atoms with Gasteiger partial charge in [-0.1, -0.05) is 13.8 Å². The summed E-state index contributed by atoms with van der Waals surface area (Å²) in [6.45, 7) is 15.5. The van der Waals surface area contributed by atoms with Crippen LogP contribution in [0.1, 0.15) is 41.5 Å². The van der Waals surface area contributed by atoms with Gasteiger partial charge in [0.05, 0.1) is 0 Å². The SMILES string of the molecule is CCNC(=NCC(C)(C)CN(C)C)NCCNC(=O)OC(C)(C)C.I. The minimum absolute atomic E-state index is 0. The van der Waals surface area contributed by atoms with Crippen LogP contribution in [0.3, 0.4) is 0 Å². The summed E-state index contributed by atoms with van der Waals surface area (Å²) in [6.07, 6.45) is -0.404. The molecule has 8 heteroatoms. The Morgan fingerprint density at radius 1 is 1.04 bits per heavy atom. The fraction of sp³-hybridized carbons (Fsp3) is 0.882. The standard InChI is InChI=1S/C17H37N5O2.HI/c1-9-18-14(21-12-17(5,6)13-22(7)8)19-10-11-20-15(23)24-16(2,3)4;/h9-13H2,1-8H3,(H,20,23)(H2,18,19,21);1H. The average molecular weight is 471 g/mol. The molecule has 0 bridgehead atoms. The van der Waals surface area contributed by atoms with Gasteiger partial charge in [0.1, 0.15) is 5.60 Å². The predicted molar refractivity (Wildman–Crippen MR) is 116 cm³/mol. The van der Waals surface area contributed by atoms with Crippen LogP contribution in [0.15, 0.2) is 4.99 Å². The quantitative estimate of drug-likeness (QED) is 0.219. The summed E-state index contributed by atoms with van der Waals surface area (Å²) >= 11 is 0. The number of aliphatic imine (C=N–C) groups is 1. The van der Waals surface area contributed by atoms with E-state index in [2.05, 4.69) is 53.8 Å². The van der Waals surface area contributed by atoms with Crippen LogP contribution < -0.4 is 16.0 Å². The molecule has 0 unspecified atom stereocenters. The summed E-state index contributed by atoms with van der Waals surface area (Å²) in [5, 5.41) is 9.16. The van der Waals surface area contributed by atoms with E-state index in [9.17, 15) is 4.79 Å². The number of hydrogen-bond donors (Lipinski definition) is 3. The summed E-state index contributed by atoms with van der Waals surface area (Å²) in [7, 11) is 4.13. The van der Waals surface area contributed by atoms with E-state index < -0.39 is 11.7 Å². The predicted octanol–water partition coefficient (Wildman–Crippen LogP) is 2.27. The molecule has 0 fully saturated rings. The van der Waals surface area contributed by atoms with Crippen molar-refractivity contribution in [1.82, 2.24) is 20.9 Å². The fourth-order valence-electron chi connectivity index (χ4n) is 2.20. The molecule has 150 valence electrons. The third kappa shape index (κ3) is 16.4. The Balaban J connectivity index is 0. The van der Waals surface area contributed by atoms with Gasteiger partial charge in [-0.2, -0.15) is 0 Å². The second-order valence-corrected chi connectivity index (χ2v) is 7.95. The minimum atomic E-state index is -0.480. The third-order valence-electron chi connectivity index (χ3n) is 2.84. The van der Waals surface area contributed by atoms with Crippen LogP contribution in [0.25, 0.3) is 0 Å². The molecule has 0 heterocycles. The average Bonchev–Trinajstić information content (AvgIpc) is 2.37. The molecule has 0 radical (unpaired) electrons. The van der Waals surface area contributed by atoms with E-state index in [1.54, 1.807) is 0 Å². The number of ether oxygens (including phenoxy) is 1. The summed E-state index contributed by atoms with van der Waals surface area (Å²) in [5.74, 6) is 0.760. The van der Waals surface area contributed by atoms with Crippen LogP contribution in [0.5, 0.6) is 0 Å². The largest absolute Gasteiger partial charge is 0.444 e. The van der Waals surface area contributed by atoms with E-state index in [1.807, 2.05) is 27.7 Å². The monoisotopic (exact) mass is 471 g/mol. The zero-order valence-corrected chi connectivity index (χ0v) is 19.5. The Morgan fingerprint density at radius 2 is 1.60 bits per heavy atom. The molecular weight excluding hydrogens is 433 g/mol. The van der Waals surface area contributed by atoms with Crippen LogP contribution in [-0.2, 0) is 4.74 Å². The smallest absolute Gasteiger partial charge is 0.407 e. The first-order chi connectivity index (χ1) is 10.9. The molecule has 0 aliphatic rings. The summed E-state index contributed by atoms with van der Waals surface area (Å²) < 4.78 is 5.19. The van der Waals surface area contributed by atoms with Gasteiger partial charge in [-0.15, -0.1) is 24.0 Å². The topological polar surface area (TPSA) is 78.0 Å². The van der Waals surface area contributed by atoms with E-state index in [0.29, 0.717) is 13.1 Å². The van der Waals surface area contributed by atoms with Gasteiger partial charge >= 0.3 is 6.09 Å². The Hall–Kier alpha value is -0.770. The Bertz CT molecular complexity index is 406. The maximum atomic E-state index is 11.6. The van der Waals surface area contributed by atoms with Crippen molar-refractivity contribution in [3.8, 4) is 0 Å². The Morgan fingerprint density at radius 3 is 2.08 bits per heavy atom. The van der Waals surface area contributed by atoms with Gasteiger partial charge in [0, 0.05) is 32.7 Å². The lowest BCUT2D eigenvalue weighted by atomic mass is 9.93. The molecule has 0 aliphatic carbocycles. The minimum Gasteiger partial charge on any atom is -0.444 e. The maximum Gasteiger partial charge on any atom is 0.407 e.